The van der Waals surface area contributed by atoms with Crippen molar-refractivity contribution in [2.75, 3.05) is 19.6 Å². The molecule has 1 aromatic rings. The maximum absolute atomic E-state index is 11.8. The lowest BCUT2D eigenvalue weighted by atomic mass is 10.1. The Balaban J connectivity index is 1.80. The number of amides is 1. The minimum atomic E-state index is 0.0475. The average molecular weight is 237 g/mol. The Labute approximate surface area is 101 Å². The van der Waals surface area contributed by atoms with Gasteiger partial charge in [0, 0.05) is 12.1 Å². The zero-order valence-electron chi connectivity index (χ0n) is 10.4. The van der Waals surface area contributed by atoms with Gasteiger partial charge < -0.3 is 15.2 Å². The molecule has 1 aromatic heterocycles. The molecule has 1 unspecified atom stereocenters. The Morgan fingerprint density at radius 3 is 3.00 bits per heavy atom. The van der Waals surface area contributed by atoms with Gasteiger partial charge in [0.05, 0.1) is 12.1 Å². The van der Waals surface area contributed by atoms with E-state index in [9.17, 15) is 4.79 Å². The van der Waals surface area contributed by atoms with Crippen LogP contribution in [0.1, 0.15) is 23.4 Å². The van der Waals surface area contributed by atoms with E-state index >= 15 is 0 Å². The lowest BCUT2D eigenvalue weighted by Gasteiger charge is -2.09. The molecule has 17 heavy (non-hydrogen) atoms. The number of rotatable bonds is 4. The van der Waals surface area contributed by atoms with Crippen LogP contribution in [0.4, 0.5) is 0 Å². The first-order chi connectivity index (χ1) is 8.16. The van der Waals surface area contributed by atoms with Gasteiger partial charge in [-0.1, -0.05) is 5.16 Å². The number of nitrogens with zero attached hydrogens (tertiary/aromatic N) is 1. The summed E-state index contributed by atoms with van der Waals surface area (Å²) in [4.78, 5) is 11.8. The van der Waals surface area contributed by atoms with Crippen molar-refractivity contribution in [3.05, 3.63) is 17.0 Å². The monoisotopic (exact) mass is 237 g/mol. The molecule has 2 heterocycles. The molecule has 2 rings (SSSR count). The smallest absolute Gasteiger partial charge is 0.224 e. The summed E-state index contributed by atoms with van der Waals surface area (Å²) in [6.45, 7) is 6.52. The third kappa shape index (κ3) is 3.06. The number of carbonyl (C=O) groups is 1. The van der Waals surface area contributed by atoms with Crippen molar-refractivity contribution in [1.82, 2.24) is 15.8 Å². The van der Waals surface area contributed by atoms with E-state index in [1.165, 1.54) is 0 Å². The second-order valence-electron chi connectivity index (χ2n) is 4.64. The van der Waals surface area contributed by atoms with Crippen LogP contribution in [-0.4, -0.2) is 30.7 Å². The highest BCUT2D eigenvalue weighted by molar-refractivity contribution is 5.78. The van der Waals surface area contributed by atoms with E-state index in [0.717, 1.165) is 43.1 Å². The molecule has 0 aromatic carbocycles. The Morgan fingerprint density at radius 2 is 2.41 bits per heavy atom. The minimum absolute atomic E-state index is 0.0475. The first-order valence-corrected chi connectivity index (χ1v) is 6.06. The molecule has 1 aliphatic rings. The van der Waals surface area contributed by atoms with E-state index < -0.39 is 0 Å². The summed E-state index contributed by atoms with van der Waals surface area (Å²) in [6, 6.07) is 0. The maximum atomic E-state index is 11.8. The summed E-state index contributed by atoms with van der Waals surface area (Å²) in [5.74, 6) is 1.36. The minimum Gasteiger partial charge on any atom is -0.361 e. The summed E-state index contributed by atoms with van der Waals surface area (Å²) < 4.78 is 5.03. The number of hydrogen-bond donors (Lipinski definition) is 2. The molecule has 0 spiro atoms. The number of nitrogens with one attached hydrogen (secondary N) is 2. The Hall–Kier alpha value is -1.36. The molecule has 1 fully saturated rings. The fraction of sp³-hybridized carbons (Fsp3) is 0.667. The first kappa shape index (κ1) is 12.1. The van der Waals surface area contributed by atoms with Crippen molar-refractivity contribution in [2.24, 2.45) is 5.92 Å². The van der Waals surface area contributed by atoms with E-state index in [1.54, 1.807) is 0 Å². The van der Waals surface area contributed by atoms with E-state index in [-0.39, 0.29) is 5.91 Å². The fourth-order valence-electron chi connectivity index (χ4n) is 2.12. The van der Waals surface area contributed by atoms with Crippen LogP contribution >= 0.6 is 0 Å². The van der Waals surface area contributed by atoms with Gasteiger partial charge in [0.2, 0.25) is 5.91 Å². The van der Waals surface area contributed by atoms with Gasteiger partial charge in [-0.05, 0) is 39.3 Å². The van der Waals surface area contributed by atoms with Gasteiger partial charge in [-0.2, -0.15) is 0 Å². The third-order valence-electron chi connectivity index (χ3n) is 3.27. The molecule has 5 nitrogen and oxygen atoms in total. The molecule has 1 atom stereocenters. The van der Waals surface area contributed by atoms with Crippen LogP contribution in [0.5, 0.6) is 0 Å². The molecule has 1 aliphatic heterocycles. The molecule has 0 aliphatic carbocycles. The molecule has 1 saturated heterocycles. The lowest BCUT2D eigenvalue weighted by molar-refractivity contribution is -0.120. The van der Waals surface area contributed by atoms with Crippen LogP contribution in [-0.2, 0) is 11.2 Å². The SMILES string of the molecule is Cc1noc(C)c1CC(=O)NCC1CCNC1. The molecular formula is C12H19N3O2. The molecule has 94 valence electrons. The van der Waals surface area contributed by atoms with Crippen LogP contribution in [0.15, 0.2) is 4.52 Å². The second kappa shape index (κ2) is 5.31. The lowest BCUT2D eigenvalue weighted by Crippen LogP contribution is -2.31. The zero-order valence-corrected chi connectivity index (χ0v) is 10.4. The topological polar surface area (TPSA) is 67.2 Å². The van der Waals surface area contributed by atoms with Crippen molar-refractivity contribution >= 4 is 5.91 Å². The van der Waals surface area contributed by atoms with Crippen LogP contribution < -0.4 is 10.6 Å². The highest BCUT2D eigenvalue weighted by atomic mass is 16.5. The Kier molecular flexibility index (Phi) is 3.78. The van der Waals surface area contributed by atoms with Gasteiger partial charge in [0.25, 0.3) is 0 Å². The fourth-order valence-corrected chi connectivity index (χ4v) is 2.12. The van der Waals surface area contributed by atoms with Gasteiger partial charge in [-0.15, -0.1) is 0 Å². The van der Waals surface area contributed by atoms with Crippen molar-refractivity contribution in [3.8, 4) is 0 Å². The Bertz CT molecular complexity index is 375. The number of aryl methyl sites for hydroxylation is 2. The first-order valence-electron chi connectivity index (χ1n) is 6.06. The standard InChI is InChI=1S/C12H19N3O2/c1-8-11(9(2)17-15-8)5-12(16)14-7-10-3-4-13-6-10/h10,13H,3-7H2,1-2H3,(H,14,16). The highest BCUT2D eigenvalue weighted by Gasteiger charge is 2.17. The van der Waals surface area contributed by atoms with Crippen LogP contribution in [0, 0.1) is 19.8 Å². The van der Waals surface area contributed by atoms with Gasteiger partial charge in [0.1, 0.15) is 5.76 Å². The van der Waals surface area contributed by atoms with Crippen molar-refractivity contribution < 1.29 is 9.32 Å². The maximum Gasteiger partial charge on any atom is 0.224 e. The quantitative estimate of drug-likeness (QED) is 0.803. The summed E-state index contributed by atoms with van der Waals surface area (Å²) >= 11 is 0. The largest absolute Gasteiger partial charge is 0.361 e. The van der Waals surface area contributed by atoms with E-state index in [2.05, 4.69) is 15.8 Å². The van der Waals surface area contributed by atoms with Crippen molar-refractivity contribution in [1.29, 1.82) is 0 Å². The second-order valence-corrected chi connectivity index (χ2v) is 4.64. The van der Waals surface area contributed by atoms with Gasteiger partial charge in [0.15, 0.2) is 0 Å². The number of carbonyl (C=O) groups excluding carboxylic acids is 1. The van der Waals surface area contributed by atoms with Crippen LogP contribution in [0.25, 0.3) is 0 Å². The van der Waals surface area contributed by atoms with Crippen LogP contribution in [0.3, 0.4) is 0 Å². The van der Waals surface area contributed by atoms with Gasteiger partial charge in [-0.3, -0.25) is 4.79 Å². The van der Waals surface area contributed by atoms with E-state index in [4.69, 9.17) is 4.52 Å². The van der Waals surface area contributed by atoms with Crippen molar-refractivity contribution in [3.63, 3.8) is 0 Å². The van der Waals surface area contributed by atoms with E-state index in [1.807, 2.05) is 13.8 Å². The predicted molar refractivity (Wildman–Crippen MR) is 63.7 cm³/mol. The van der Waals surface area contributed by atoms with Crippen molar-refractivity contribution in [2.45, 2.75) is 26.7 Å². The number of aromatic nitrogens is 1. The Morgan fingerprint density at radius 1 is 1.59 bits per heavy atom. The third-order valence-corrected chi connectivity index (χ3v) is 3.27. The summed E-state index contributed by atoms with van der Waals surface area (Å²) in [5.41, 5.74) is 1.72. The van der Waals surface area contributed by atoms with E-state index in [0.29, 0.717) is 12.3 Å². The van der Waals surface area contributed by atoms with Crippen LogP contribution in [0.2, 0.25) is 0 Å². The average Bonchev–Trinajstić information content (AvgIpc) is 2.91. The predicted octanol–water partition coefficient (Wildman–Crippen LogP) is 0.560. The molecule has 0 radical (unpaired) electrons. The van der Waals surface area contributed by atoms with Gasteiger partial charge in [-0.25, -0.2) is 0 Å². The summed E-state index contributed by atoms with van der Waals surface area (Å²) in [7, 11) is 0. The normalized spacial score (nSPS) is 19.5. The molecule has 5 heteroatoms. The molecule has 1 amide bonds. The zero-order chi connectivity index (χ0) is 12.3. The molecular weight excluding hydrogens is 218 g/mol. The highest BCUT2D eigenvalue weighted by Crippen LogP contribution is 2.12. The summed E-state index contributed by atoms with van der Waals surface area (Å²) in [5, 5.41) is 10.1. The number of hydrogen-bond acceptors (Lipinski definition) is 4. The summed E-state index contributed by atoms with van der Waals surface area (Å²) in [6.07, 6.45) is 1.51. The van der Waals surface area contributed by atoms with Gasteiger partial charge >= 0.3 is 0 Å². The molecule has 2 N–H and O–H groups in total. The molecule has 0 bridgehead atoms. The molecule has 0 saturated carbocycles.